The first-order chi connectivity index (χ1) is 11.2. The molecular formula is C17H23NO5. The molecule has 6 nitrogen and oxygen atoms in total. The number of amides is 1. The van der Waals surface area contributed by atoms with Crippen molar-refractivity contribution in [2.45, 2.75) is 12.0 Å². The Labute approximate surface area is 136 Å². The first-order valence-corrected chi connectivity index (χ1v) is 7.85. The van der Waals surface area contributed by atoms with Crippen molar-refractivity contribution in [1.29, 1.82) is 0 Å². The fourth-order valence-electron chi connectivity index (χ4n) is 3.32. The lowest BCUT2D eigenvalue weighted by molar-refractivity contribution is -0.169. The highest BCUT2D eigenvalue weighted by atomic mass is 16.5. The Balaban J connectivity index is 1.51. The number of hydrogen-bond donors (Lipinski definition) is 0. The maximum Gasteiger partial charge on any atom is 0.260 e. The highest BCUT2D eigenvalue weighted by Gasteiger charge is 2.54. The first-order valence-electron chi connectivity index (χ1n) is 7.85. The summed E-state index contributed by atoms with van der Waals surface area (Å²) >= 11 is 0. The van der Waals surface area contributed by atoms with E-state index in [1.165, 1.54) is 0 Å². The third kappa shape index (κ3) is 3.14. The first kappa shape index (κ1) is 16.1. The van der Waals surface area contributed by atoms with Crippen LogP contribution in [-0.2, 0) is 14.3 Å². The van der Waals surface area contributed by atoms with Gasteiger partial charge in [0.05, 0.1) is 26.8 Å². The molecule has 0 saturated carbocycles. The molecule has 126 valence electrons. The quantitative estimate of drug-likeness (QED) is 0.791. The summed E-state index contributed by atoms with van der Waals surface area (Å²) in [5.74, 6) is 1.53. The molecule has 1 atom stereocenters. The Morgan fingerprint density at radius 3 is 2.74 bits per heavy atom. The van der Waals surface area contributed by atoms with Crippen LogP contribution in [-0.4, -0.2) is 63.5 Å². The number of nitrogens with zero attached hydrogens (tertiary/aromatic N) is 1. The van der Waals surface area contributed by atoms with Crippen molar-refractivity contribution in [2.24, 2.45) is 5.92 Å². The van der Waals surface area contributed by atoms with Gasteiger partial charge in [0.1, 0.15) is 5.60 Å². The van der Waals surface area contributed by atoms with Crippen LogP contribution in [0.2, 0.25) is 0 Å². The molecule has 1 aromatic rings. The van der Waals surface area contributed by atoms with Gasteiger partial charge in [0.15, 0.2) is 18.1 Å². The minimum Gasteiger partial charge on any atom is -0.493 e. The maximum atomic E-state index is 12.3. The molecule has 0 aromatic heterocycles. The number of para-hydroxylation sites is 2. The fraction of sp³-hybridized carbons (Fsp3) is 0.588. The molecular weight excluding hydrogens is 298 g/mol. The van der Waals surface area contributed by atoms with E-state index in [1.54, 1.807) is 31.3 Å². The minimum atomic E-state index is -0.212. The Bertz CT molecular complexity index is 556. The van der Waals surface area contributed by atoms with Crippen LogP contribution in [0.1, 0.15) is 6.42 Å². The average Bonchev–Trinajstić information content (AvgIpc) is 2.95. The topological polar surface area (TPSA) is 57.2 Å². The summed E-state index contributed by atoms with van der Waals surface area (Å²) in [4.78, 5) is 14.1. The lowest BCUT2D eigenvalue weighted by atomic mass is 9.81. The van der Waals surface area contributed by atoms with Crippen molar-refractivity contribution in [1.82, 2.24) is 4.90 Å². The molecule has 2 heterocycles. The van der Waals surface area contributed by atoms with E-state index in [-0.39, 0.29) is 18.1 Å². The molecule has 0 radical (unpaired) electrons. The predicted molar refractivity (Wildman–Crippen MR) is 83.7 cm³/mol. The van der Waals surface area contributed by atoms with E-state index >= 15 is 0 Å². The van der Waals surface area contributed by atoms with Gasteiger partial charge >= 0.3 is 0 Å². The van der Waals surface area contributed by atoms with E-state index in [0.717, 1.165) is 13.0 Å². The van der Waals surface area contributed by atoms with Crippen LogP contribution in [0.25, 0.3) is 0 Å². The Morgan fingerprint density at radius 1 is 1.30 bits per heavy atom. The zero-order chi connectivity index (χ0) is 16.3. The van der Waals surface area contributed by atoms with Crippen LogP contribution in [0.5, 0.6) is 11.5 Å². The molecule has 6 heteroatoms. The molecule has 1 spiro atoms. The lowest BCUT2D eigenvalue weighted by Crippen LogP contribution is -2.67. The van der Waals surface area contributed by atoms with Crippen LogP contribution in [0.15, 0.2) is 24.3 Å². The van der Waals surface area contributed by atoms with Crippen molar-refractivity contribution >= 4 is 5.91 Å². The smallest absolute Gasteiger partial charge is 0.260 e. The van der Waals surface area contributed by atoms with Gasteiger partial charge in [-0.3, -0.25) is 4.79 Å². The molecule has 2 fully saturated rings. The fourth-order valence-corrected chi connectivity index (χ4v) is 3.32. The monoisotopic (exact) mass is 321 g/mol. The minimum absolute atomic E-state index is 0.00535. The van der Waals surface area contributed by atoms with E-state index in [2.05, 4.69) is 0 Å². The van der Waals surface area contributed by atoms with Gasteiger partial charge < -0.3 is 23.8 Å². The standard InChI is InChI=1S/C17H23NO5/c1-20-9-13-7-8-23-17(13)11-18(12-17)16(19)10-22-15-6-4-3-5-14(15)21-2/h3-6,13H,7-12H2,1-2H3/t13-/m1/s1. The van der Waals surface area contributed by atoms with Gasteiger partial charge in [-0.15, -0.1) is 0 Å². The molecule has 0 N–H and O–H groups in total. The number of rotatable bonds is 6. The van der Waals surface area contributed by atoms with Gasteiger partial charge in [0.25, 0.3) is 5.91 Å². The molecule has 1 amide bonds. The second-order valence-electron chi connectivity index (χ2n) is 6.04. The van der Waals surface area contributed by atoms with Crippen LogP contribution < -0.4 is 9.47 Å². The molecule has 0 aliphatic carbocycles. The summed E-state index contributed by atoms with van der Waals surface area (Å²) in [6.07, 6.45) is 0.994. The number of hydrogen-bond acceptors (Lipinski definition) is 5. The summed E-state index contributed by atoms with van der Waals surface area (Å²) in [6.45, 7) is 2.67. The number of likely N-dealkylation sites (tertiary alicyclic amines) is 1. The van der Waals surface area contributed by atoms with Crippen molar-refractivity contribution in [3.8, 4) is 11.5 Å². The van der Waals surface area contributed by atoms with Gasteiger partial charge in [0, 0.05) is 19.6 Å². The van der Waals surface area contributed by atoms with Crippen LogP contribution in [0.4, 0.5) is 0 Å². The van der Waals surface area contributed by atoms with Crippen molar-refractivity contribution in [2.75, 3.05) is 47.1 Å². The Hall–Kier alpha value is -1.79. The van der Waals surface area contributed by atoms with E-state index in [4.69, 9.17) is 18.9 Å². The van der Waals surface area contributed by atoms with Gasteiger partial charge in [-0.2, -0.15) is 0 Å². The number of carbonyl (C=O) groups is 1. The van der Waals surface area contributed by atoms with E-state index in [0.29, 0.717) is 37.1 Å². The molecule has 2 saturated heterocycles. The predicted octanol–water partition coefficient (Wildman–Crippen LogP) is 1.34. The molecule has 0 bridgehead atoms. The van der Waals surface area contributed by atoms with Crippen molar-refractivity contribution in [3.63, 3.8) is 0 Å². The second-order valence-corrected chi connectivity index (χ2v) is 6.04. The van der Waals surface area contributed by atoms with Crippen LogP contribution in [0.3, 0.4) is 0 Å². The summed E-state index contributed by atoms with van der Waals surface area (Å²) in [7, 11) is 3.28. The normalized spacial score (nSPS) is 22.0. The van der Waals surface area contributed by atoms with Crippen LogP contribution >= 0.6 is 0 Å². The number of ether oxygens (including phenoxy) is 4. The summed E-state index contributed by atoms with van der Waals surface area (Å²) < 4.78 is 22.0. The number of methoxy groups -OCH3 is 2. The van der Waals surface area contributed by atoms with Crippen molar-refractivity contribution in [3.05, 3.63) is 24.3 Å². The summed E-state index contributed by atoms with van der Waals surface area (Å²) in [6, 6.07) is 7.31. The number of benzene rings is 1. The summed E-state index contributed by atoms with van der Waals surface area (Å²) in [5, 5.41) is 0. The highest BCUT2D eigenvalue weighted by molar-refractivity contribution is 5.79. The molecule has 2 aliphatic heterocycles. The van der Waals surface area contributed by atoms with Crippen LogP contribution in [0, 0.1) is 5.92 Å². The molecule has 23 heavy (non-hydrogen) atoms. The molecule has 0 unspecified atom stereocenters. The highest BCUT2D eigenvalue weighted by Crippen LogP contribution is 2.40. The van der Waals surface area contributed by atoms with E-state index in [1.807, 2.05) is 12.1 Å². The third-order valence-corrected chi connectivity index (χ3v) is 4.66. The Kier molecular flexibility index (Phi) is 4.73. The zero-order valence-electron chi connectivity index (χ0n) is 13.6. The lowest BCUT2D eigenvalue weighted by Gasteiger charge is -2.50. The van der Waals surface area contributed by atoms with E-state index in [9.17, 15) is 4.79 Å². The molecule has 1 aromatic carbocycles. The molecule has 3 rings (SSSR count). The largest absolute Gasteiger partial charge is 0.493 e. The SMILES string of the molecule is COC[C@H]1CCOC12CN(C(=O)COc1ccccc1OC)C2. The molecule has 2 aliphatic rings. The zero-order valence-corrected chi connectivity index (χ0v) is 13.6. The van der Waals surface area contributed by atoms with Gasteiger partial charge in [0.2, 0.25) is 0 Å². The van der Waals surface area contributed by atoms with Gasteiger partial charge in [-0.05, 0) is 18.6 Å². The average molecular weight is 321 g/mol. The van der Waals surface area contributed by atoms with Crippen molar-refractivity contribution < 1.29 is 23.7 Å². The summed E-state index contributed by atoms with van der Waals surface area (Å²) in [5.41, 5.74) is -0.212. The maximum absolute atomic E-state index is 12.3. The van der Waals surface area contributed by atoms with Gasteiger partial charge in [-0.25, -0.2) is 0 Å². The third-order valence-electron chi connectivity index (χ3n) is 4.66. The second kappa shape index (κ2) is 6.76. The Morgan fingerprint density at radius 2 is 2.04 bits per heavy atom. The van der Waals surface area contributed by atoms with E-state index < -0.39 is 0 Å². The number of carbonyl (C=O) groups excluding carboxylic acids is 1. The van der Waals surface area contributed by atoms with Gasteiger partial charge in [-0.1, -0.05) is 12.1 Å².